The molecule has 0 unspecified atom stereocenters. The van der Waals surface area contributed by atoms with Crippen molar-refractivity contribution in [1.29, 1.82) is 0 Å². The predicted octanol–water partition coefficient (Wildman–Crippen LogP) is 2.98. The Morgan fingerprint density at radius 1 is 1.16 bits per heavy atom. The molecule has 1 heterocycles. The highest BCUT2D eigenvalue weighted by atomic mass is 35.5. The van der Waals surface area contributed by atoms with Crippen LogP contribution < -0.4 is 9.47 Å². The molecular weight excluding hydrogens is 266 g/mol. The van der Waals surface area contributed by atoms with Gasteiger partial charge in [0.1, 0.15) is 16.7 Å². The number of hydrogen-bond donors (Lipinski definition) is 0. The largest absolute Gasteiger partial charge is 0.497 e. The van der Waals surface area contributed by atoms with Crippen LogP contribution in [0.4, 0.5) is 0 Å². The predicted molar refractivity (Wildman–Crippen MR) is 72.2 cm³/mol. The lowest BCUT2D eigenvalue weighted by molar-refractivity contribution is 0.103. The lowest BCUT2D eigenvalue weighted by atomic mass is 10.0. The van der Waals surface area contributed by atoms with E-state index in [0.29, 0.717) is 22.6 Å². The van der Waals surface area contributed by atoms with E-state index < -0.39 is 0 Å². The maximum absolute atomic E-state index is 12.4. The van der Waals surface area contributed by atoms with Crippen LogP contribution in [0, 0.1) is 0 Å². The summed E-state index contributed by atoms with van der Waals surface area (Å²) < 4.78 is 10.3. The van der Waals surface area contributed by atoms with Crippen LogP contribution in [0.2, 0.25) is 5.15 Å². The molecule has 0 spiro atoms. The van der Waals surface area contributed by atoms with E-state index >= 15 is 0 Å². The first-order chi connectivity index (χ1) is 9.15. The smallest absolute Gasteiger partial charge is 0.197 e. The molecule has 98 valence electrons. The van der Waals surface area contributed by atoms with E-state index in [2.05, 4.69) is 4.98 Å². The Labute approximate surface area is 115 Å². The normalized spacial score (nSPS) is 10.1. The summed E-state index contributed by atoms with van der Waals surface area (Å²) in [5.41, 5.74) is 0.871. The number of methoxy groups -OCH3 is 2. The van der Waals surface area contributed by atoms with Gasteiger partial charge in [-0.2, -0.15) is 0 Å². The number of hydrogen-bond acceptors (Lipinski definition) is 4. The molecule has 0 saturated heterocycles. The molecule has 19 heavy (non-hydrogen) atoms. The van der Waals surface area contributed by atoms with E-state index in [1.54, 1.807) is 31.4 Å². The highest BCUT2D eigenvalue weighted by Gasteiger charge is 2.16. The summed E-state index contributed by atoms with van der Waals surface area (Å²) in [6.45, 7) is 0. The standard InChI is InChI=1S/C14H12ClNO3/c1-18-10-3-4-12(19-2)11(8-10)14(17)9-5-6-16-13(15)7-9/h3-8H,1-2H3. The van der Waals surface area contributed by atoms with Crippen molar-refractivity contribution in [2.45, 2.75) is 0 Å². The molecule has 1 aromatic heterocycles. The first kappa shape index (κ1) is 13.4. The first-order valence-corrected chi connectivity index (χ1v) is 5.92. The second kappa shape index (κ2) is 5.71. The number of ketones is 1. The summed E-state index contributed by atoms with van der Waals surface area (Å²) in [4.78, 5) is 16.3. The highest BCUT2D eigenvalue weighted by Crippen LogP contribution is 2.26. The van der Waals surface area contributed by atoms with Crippen LogP contribution in [0.25, 0.3) is 0 Å². The second-order valence-corrected chi connectivity index (χ2v) is 4.15. The van der Waals surface area contributed by atoms with Crippen molar-refractivity contribution in [3.63, 3.8) is 0 Å². The minimum absolute atomic E-state index is 0.194. The molecule has 4 nitrogen and oxygen atoms in total. The van der Waals surface area contributed by atoms with Gasteiger partial charge in [0.05, 0.1) is 19.8 Å². The number of pyridine rings is 1. The van der Waals surface area contributed by atoms with Crippen LogP contribution in [0.1, 0.15) is 15.9 Å². The fourth-order valence-corrected chi connectivity index (χ4v) is 1.86. The minimum atomic E-state index is -0.194. The van der Waals surface area contributed by atoms with E-state index in [0.717, 1.165) is 0 Å². The van der Waals surface area contributed by atoms with Gasteiger partial charge in [0.2, 0.25) is 0 Å². The van der Waals surface area contributed by atoms with Gasteiger partial charge >= 0.3 is 0 Å². The average molecular weight is 278 g/mol. The number of halogens is 1. The van der Waals surface area contributed by atoms with Crippen molar-refractivity contribution in [1.82, 2.24) is 4.98 Å². The molecule has 1 aromatic carbocycles. The molecule has 0 saturated carbocycles. The lowest BCUT2D eigenvalue weighted by Crippen LogP contribution is -2.04. The molecule has 2 rings (SSSR count). The monoisotopic (exact) mass is 277 g/mol. The number of ether oxygens (including phenoxy) is 2. The van der Waals surface area contributed by atoms with Gasteiger partial charge < -0.3 is 9.47 Å². The van der Waals surface area contributed by atoms with Gasteiger partial charge in [0, 0.05) is 11.8 Å². The van der Waals surface area contributed by atoms with Crippen LogP contribution in [-0.2, 0) is 0 Å². The summed E-state index contributed by atoms with van der Waals surface area (Å²) >= 11 is 5.79. The molecule has 0 bridgehead atoms. The highest BCUT2D eigenvalue weighted by molar-refractivity contribution is 6.30. The maximum atomic E-state index is 12.4. The van der Waals surface area contributed by atoms with Gasteiger partial charge in [-0.1, -0.05) is 11.6 Å². The molecule has 0 aliphatic heterocycles. The van der Waals surface area contributed by atoms with Crippen LogP contribution in [0.5, 0.6) is 11.5 Å². The number of carbonyl (C=O) groups is 1. The fourth-order valence-electron chi connectivity index (χ4n) is 1.69. The zero-order valence-electron chi connectivity index (χ0n) is 10.5. The van der Waals surface area contributed by atoms with Crippen LogP contribution >= 0.6 is 11.6 Å². The third kappa shape index (κ3) is 2.85. The third-order valence-corrected chi connectivity index (χ3v) is 2.85. The average Bonchev–Trinajstić information content (AvgIpc) is 2.45. The number of rotatable bonds is 4. The Hall–Kier alpha value is -2.07. The Morgan fingerprint density at radius 2 is 1.95 bits per heavy atom. The van der Waals surface area contributed by atoms with Crippen molar-refractivity contribution in [3.8, 4) is 11.5 Å². The Bertz CT molecular complexity index is 613. The van der Waals surface area contributed by atoms with E-state index in [1.165, 1.54) is 19.4 Å². The Kier molecular flexibility index (Phi) is 4.02. The van der Waals surface area contributed by atoms with Gasteiger partial charge in [-0.25, -0.2) is 4.98 Å². The Morgan fingerprint density at radius 3 is 2.58 bits per heavy atom. The van der Waals surface area contributed by atoms with Gasteiger partial charge in [-0.15, -0.1) is 0 Å². The minimum Gasteiger partial charge on any atom is -0.497 e. The van der Waals surface area contributed by atoms with Crippen LogP contribution in [-0.4, -0.2) is 25.0 Å². The van der Waals surface area contributed by atoms with Gasteiger partial charge in [-0.05, 0) is 30.3 Å². The van der Waals surface area contributed by atoms with Crippen LogP contribution in [0.15, 0.2) is 36.5 Å². The van der Waals surface area contributed by atoms with Gasteiger partial charge in [-0.3, -0.25) is 4.79 Å². The van der Waals surface area contributed by atoms with Crippen molar-refractivity contribution >= 4 is 17.4 Å². The first-order valence-electron chi connectivity index (χ1n) is 5.54. The summed E-state index contributed by atoms with van der Waals surface area (Å²) in [7, 11) is 3.05. The molecule has 0 aliphatic rings. The topological polar surface area (TPSA) is 48.4 Å². The zero-order valence-corrected chi connectivity index (χ0v) is 11.3. The molecule has 5 heteroatoms. The quantitative estimate of drug-likeness (QED) is 0.637. The van der Waals surface area contributed by atoms with E-state index in [-0.39, 0.29) is 10.9 Å². The molecule has 2 aromatic rings. The second-order valence-electron chi connectivity index (χ2n) is 3.76. The van der Waals surface area contributed by atoms with E-state index in [1.807, 2.05) is 0 Å². The number of benzene rings is 1. The molecule has 0 amide bonds. The van der Waals surface area contributed by atoms with Gasteiger partial charge in [0.25, 0.3) is 0 Å². The molecule has 0 aliphatic carbocycles. The van der Waals surface area contributed by atoms with E-state index in [4.69, 9.17) is 21.1 Å². The number of carbonyl (C=O) groups excluding carboxylic acids is 1. The SMILES string of the molecule is COc1ccc(OC)c(C(=O)c2ccnc(Cl)c2)c1. The summed E-state index contributed by atoms with van der Waals surface area (Å²) in [5, 5.41) is 0.271. The summed E-state index contributed by atoms with van der Waals surface area (Å²) in [6, 6.07) is 8.18. The third-order valence-electron chi connectivity index (χ3n) is 2.64. The zero-order chi connectivity index (χ0) is 13.8. The maximum Gasteiger partial charge on any atom is 0.197 e. The van der Waals surface area contributed by atoms with Crippen molar-refractivity contribution < 1.29 is 14.3 Å². The van der Waals surface area contributed by atoms with Crippen molar-refractivity contribution in [2.75, 3.05) is 14.2 Å². The number of nitrogens with zero attached hydrogens (tertiary/aromatic N) is 1. The van der Waals surface area contributed by atoms with Crippen molar-refractivity contribution in [3.05, 3.63) is 52.8 Å². The molecule has 0 radical (unpaired) electrons. The molecule has 0 N–H and O–H groups in total. The molecule has 0 atom stereocenters. The van der Waals surface area contributed by atoms with Crippen molar-refractivity contribution in [2.24, 2.45) is 0 Å². The molecule has 0 fully saturated rings. The fraction of sp³-hybridized carbons (Fsp3) is 0.143. The Balaban J connectivity index is 2.48. The van der Waals surface area contributed by atoms with E-state index in [9.17, 15) is 4.79 Å². The number of aromatic nitrogens is 1. The summed E-state index contributed by atoms with van der Waals surface area (Å²) in [6.07, 6.45) is 1.49. The molecular formula is C14H12ClNO3. The summed E-state index contributed by atoms with van der Waals surface area (Å²) in [5.74, 6) is 0.878. The van der Waals surface area contributed by atoms with Crippen LogP contribution in [0.3, 0.4) is 0 Å². The van der Waals surface area contributed by atoms with Gasteiger partial charge in [0.15, 0.2) is 5.78 Å². The lowest BCUT2D eigenvalue weighted by Gasteiger charge is -2.09.